The van der Waals surface area contributed by atoms with E-state index in [9.17, 15) is 0 Å². The number of rotatable bonds is 7. The first-order chi connectivity index (χ1) is 65.6. The van der Waals surface area contributed by atoms with Crippen molar-refractivity contribution in [1.29, 1.82) is 0 Å². The van der Waals surface area contributed by atoms with Gasteiger partial charge in [-0.3, -0.25) is 4.57 Å². The maximum Gasteiger partial charge on any atom is 0.235 e. The van der Waals surface area contributed by atoms with Gasteiger partial charge in [0.25, 0.3) is 0 Å². The summed E-state index contributed by atoms with van der Waals surface area (Å²) in [5.41, 5.74) is 30.3. The summed E-state index contributed by atoms with van der Waals surface area (Å²) in [5.74, 6) is 0.677. The molecule has 0 saturated carbocycles. The second kappa shape index (κ2) is 27.9. The number of para-hydroxylation sites is 6. The van der Waals surface area contributed by atoms with Gasteiger partial charge in [0, 0.05) is 119 Å². The lowest BCUT2D eigenvalue weighted by Gasteiger charge is -2.15. The lowest BCUT2D eigenvalue weighted by Crippen LogP contribution is -2.04. The summed E-state index contributed by atoms with van der Waals surface area (Å²) in [6, 6.07) is 160. The molecule has 11 aromatic heterocycles. The molecule has 0 amide bonds. The van der Waals surface area contributed by atoms with E-state index < -0.39 is 0 Å². The van der Waals surface area contributed by atoms with Crippen LogP contribution in [0.4, 0.5) is 0 Å². The maximum atomic E-state index is 5.41. The minimum Gasteiger partial charge on any atom is -0.309 e. The van der Waals surface area contributed by atoms with E-state index in [2.05, 4.69) is 464 Å². The molecule has 0 saturated heterocycles. The van der Waals surface area contributed by atoms with E-state index in [0.717, 1.165) is 66.8 Å². The molecule has 0 atom stereocenters. The number of nitrogens with zero attached hydrogens (tertiary/aromatic N) is 9. The Hall–Kier alpha value is -17.8. The van der Waals surface area contributed by atoms with Crippen LogP contribution in [0.15, 0.2) is 443 Å². The summed E-state index contributed by atoms with van der Waals surface area (Å²) in [6.45, 7) is 0. The first-order valence-corrected chi connectivity index (χ1v) is 45.3. The van der Waals surface area contributed by atoms with E-state index in [0.29, 0.717) is 5.95 Å². The van der Waals surface area contributed by atoms with Crippen molar-refractivity contribution >= 4 is 212 Å². The third-order valence-electron chi connectivity index (χ3n) is 28.4. The van der Waals surface area contributed by atoms with Crippen LogP contribution in [-0.4, -0.2) is 41.9 Å². The van der Waals surface area contributed by atoms with Crippen LogP contribution in [0.3, 0.4) is 0 Å². The van der Waals surface area contributed by atoms with Gasteiger partial charge in [0.1, 0.15) is 0 Å². The van der Waals surface area contributed by atoms with Crippen LogP contribution in [-0.2, 0) is 0 Å². The van der Waals surface area contributed by atoms with E-state index >= 15 is 0 Å². The van der Waals surface area contributed by atoms with Crippen LogP contribution in [0.5, 0.6) is 0 Å². The molecule has 20 aromatic carbocycles. The third-order valence-corrected chi connectivity index (χ3v) is 28.4. The van der Waals surface area contributed by atoms with Crippen molar-refractivity contribution in [3.8, 4) is 62.2 Å². The molecule has 31 aromatic rings. The second-order valence-electron chi connectivity index (χ2n) is 35.1. The van der Waals surface area contributed by atoms with Gasteiger partial charge >= 0.3 is 0 Å². The monoisotopic (exact) mass is 1680 g/mol. The topological polar surface area (TPSA) is 66.7 Å². The number of hydrogen-bond donors (Lipinski definition) is 0. The Kier molecular flexibility index (Phi) is 15.3. The minimum atomic E-state index is 0.677. The predicted molar refractivity (Wildman–Crippen MR) is 554 cm³/mol. The fourth-order valence-corrected chi connectivity index (χ4v) is 22.9. The first-order valence-electron chi connectivity index (χ1n) is 45.3. The average Bonchev–Trinajstić information content (AvgIpc) is 1.53. The van der Waals surface area contributed by atoms with E-state index in [1.165, 1.54) is 202 Å². The molecule has 0 fully saturated rings. The zero-order valence-electron chi connectivity index (χ0n) is 71.2. The molecular weight excluding hydrogens is 1600 g/mol. The van der Waals surface area contributed by atoms with Crippen LogP contribution in [0.1, 0.15) is 0 Å². The molecule has 0 aliphatic rings. The summed E-state index contributed by atoms with van der Waals surface area (Å²) in [7, 11) is 0. The fourth-order valence-electron chi connectivity index (χ4n) is 22.9. The number of pyridine rings is 1. The van der Waals surface area contributed by atoms with Gasteiger partial charge in [-0.15, -0.1) is 0 Å². The van der Waals surface area contributed by atoms with Gasteiger partial charge in [-0.2, -0.15) is 0 Å². The zero-order valence-corrected chi connectivity index (χ0v) is 71.2. The second-order valence-corrected chi connectivity index (χ2v) is 35.1. The van der Waals surface area contributed by atoms with Crippen molar-refractivity contribution in [3.05, 3.63) is 443 Å². The summed E-state index contributed by atoms with van der Waals surface area (Å²) in [5, 5.41) is 28.8. The van der Waals surface area contributed by atoms with Gasteiger partial charge in [-0.1, -0.05) is 334 Å². The van der Waals surface area contributed by atoms with Crippen molar-refractivity contribution < 1.29 is 0 Å². The van der Waals surface area contributed by atoms with Crippen LogP contribution in [0.2, 0.25) is 0 Å². The van der Waals surface area contributed by atoms with Crippen molar-refractivity contribution in [1.82, 2.24) is 41.9 Å². The minimum absolute atomic E-state index is 0.677. The Bertz CT molecular complexity index is 10200. The number of hydrogen-bond acceptors (Lipinski definition) is 3. The largest absolute Gasteiger partial charge is 0.309 e. The van der Waals surface area contributed by atoms with E-state index in [1.54, 1.807) is 0 Å². The smallest absolute Gasteiger partial charge is 0.235 e. The molecule has 0 bridgehead atoms. The fraction of sp³-hybridized carbons (Fsp3) is 0. The van der Waals surface area contributed by atoms with Gasteiger partial charge in [0.05, 0.1) is 111 Å². The SMILES string of the molecule is c1ccc(-c2ccc(-n3c4cccc5c6ccccc6n6c7ccccc7c7ccc3c(c54)c76)c3ccccc23)cc1.c1ccc(-c2cccc(-c3ccc(-n4c5cccc6c7ccccc7n7c8ccccc8c8ccc4c(c65)c87)cc3)n2)cc1.c1ccc(-c2nc(-n3c4cccc5c6ccccc6n6c7ccccc7c7ccc3c(c54)c76)nc3c2ccc2ccccc23)cc1. The van der Waals surface area contributed by atoms with Gasteiger partial charge < -0.3 is 22.3 Å². The molecule has 0 unspecified atom stereocenters. The van der Waals surface area contributed by atoms with Gasteiger partial charge in [-0.25, -0.2) is 15.0 Å². The Balaban J connectivity index is 0.0000000971. The van der Waals surface area contributed by atoms with Crippen LogP contribution >= 0.6 is 0 Å². The Morgan fingerprint density at radius 2 is 0.508 bits per heavy atom. The van der Waals surface area contributed by atoms with Crippen molar-refractivity contribution in [2.75, 3.05) is 0 Å². The quantitative estimate of drug-likeness (QED) is 0.149. The molecule has 9 heteroatoms. The molecule has 11 heterocycles. The molecule has 0 radical (unpaired) electrons. The van der Waals surface area contributed by atoms with Crippen molar-refractivity contribution in [2.24, 2.45) is 0 Å². The summed E-state index contributed by atoms with van der Waals surface area (Å²) < 4.78 is 14.7. The summed E-state index contributed by atoms with van der Waals surface area (Å²) in [6.07, 6.45) is 0. The highest BCUT2D eigenvalue weighted by Gasteiger charge is 2.30. The van der Waals surface area contributed by atoms with Gasteiger partial charge in [-0.05, 0) is 147 Å². The third kappa shape index (κ3) is 10.2. The molecule has 0 N–H and O–H groups in total. The van der Waals surface area contributed by atoms with E-state index in [4.69, 9.17) is 15.0 Å². The Morgan fingerprint density at radius 3 is 0.992 bits per heavy atom. The molecule has 0 aliphatic heterocycles. The molecule has 610 valence electrons. The van der Waals surface area contributed by atoms with Gasteiger partial charge in [0.2, 0.25) is 5.95 Å². The normalized spacial score (nSPS) is 12.2. The van der Waals surface area contributed by atoms with E-state index in [-0.39, 0.29) is 0 Å². The molecule has 31 rings (SSSR count). The Morgan fingerprint density at radius 1 is 0.167 bits per heavy atom. The first kappa shape index (κ1) is 72.4. The summed E-state index contributed by atoms with van der Waals surface area (Å²) in [4.78, 5) is 15.8. The van der Waals surface area contributed by atoms with Crippen molar-refractivity contribution in [2.45, 2.75) is 0 Å². The molecular formula is C123H73N9. The number of benzene rings is 20. The number of aromatic nitrogens is 9. The average molecular weight is 1680 g/mol. The van der Waals surface area contributed by atoms with Crippen molar-refractivity contribution in [3.63, 3.8) is 0 Å². The van der Waals surface area contributed by atoms with Crippen LogP contribution in [0, 0.1) is 0 Å². The van der Waals surface area contributed by atoms with E-state index in [1.807, 2.05) is 6.07 Å². The zero-order chi connectivity index (χ0) is 86.1. The Labute approximate surface area is 753 Å². The molecule has 0 aliphatic carbocycles. The lowest BCUT2D eigenvalue weighted by molar-refractivity contribution is 1.02. The molecule has 132 heavy (non-hydrogen) atoms. The van der Waals surface area contributed by atoms with Gasteiger partial charge in [0.15, 0.2) is 0 Å². The van der Waals surface area contributed by atoms with Crippen LogP contribution < -0.4 is 0 Å². The maximum absolute atomic E-state index is 5.41. The highest BCUT2D eigenvalue weighted by molar-refractivity contribution is 6.37. The molecule has 9 nitrogen and oxygen atoms in total. The standard InChI is InChI=1S/C42H24N4.C41H25N3.C40H24N2/c1-2-12-26(13-3-1)39-32-22-21-25-11-4-5-14-27(25)40(32)44-42(43-39)46-35-20-10-17-30-28-15-6-8-18-33(28)45-34-19-9-7-16-29(34)31-23-24-36(46)38(37(30)35)41(31)45;1-2-10-26(11-3-1)33-15-9-16-34(42-33)27-20-22-28(23-21-27)43-37-19-8-14-31-29-12-4-6-17-35(29)44-36-18-7-5-13-30(36)32-24-25-38(43)40(39(31)37)41(32)44;1-2-11-25(12-3-1)26-21-23-35(28-14-5-4-13-27(26)28)41-36-20-10-17-31-29-15-6-8-18-33(29)42-34-19-9-7-16-30(34)32-22-24-37(41)39(38(31)36)40(32)42/h1-24H;1-25H;1-24H. The summed E-state index contributed by atoms with van der Waals surface area (Å²) >= 11 is 0. The molecule has 0 spiro atoms. The highest BCUT2D eigenvalue weighted by atomic mass is 15.2. The van der Waals surface area contributed by atoms with Crippen LogP contribution in [0.25, 0.3) is 274 Å². The lowest BCUT2D eigenvalue weighted by atomic mass is 9.97. The predicted octanol–water partition coefficient (Wildman–Crippen LogP) is 32.1. The highest BCUT2D eigenvalue weighted by Crippen LogP contribution is 2.51. The number of fused-ring (bicyclic) bond motifs is 22.